The van der Waals surface area contributed by atoms with Gasteiger partial charge in [0, 0.05) is 41.7 Å². The molecule has 4 atom stereocenters. The summed E-state index contributed by atoms with van der Waals surface area (Å²) in [5.74, 6) is -4.93. The van der Waals surface area contributed by atoms with Crippen LogP contribution in [0.25, 0.3) is 11.0 Å². The Morgan fingerprint density at radius 1 is 1.00 bits per heavy atom. The van der Waals surface area contributed by atoms with Gasteiger partial charge in [-0.1, -0.05) is 37.5 Å². The van der Waals surface area contributed by atoms with Crippen LogP contribution in [-0.2, 0) is 22.6 Å². The summed E-state index contributed by atoms with van der Waals surface area (Å²) in [6.07, 6.45) is 6.46. The first kappa shape index (κ1) is 32.5. The van der Waals surface area contributed by atoms with Crippen LogP contribution in [-0.4, -0.2) is 50.8 Å². The summed E-state index contributed by atoms with van der Waals surface area (Å²) < 4.78 is 55.7. The number of nitrogens with zero attached hydrogens (tertiary/aromatic N) is 5. The van der Waals surface area contributed by atoms with Crippen molar-refractivity contribution in [3.8, 4) is 6.07 Å². The Kier molecular flexibility index (Phi) is 8.89. The lowest BCUT2D eigenvalue weighted by atomic mass is 9.79. The number of pyridine rings is 1. The third-order valence-corrected chi connectivity index (χ3v) is 10.6. The van der Waals surface area contributed by atoms with Gasteiger partial charge in [0.2, 0.25) is 0 Å². The molecule has 246 valence electrons. The summed E-state index contributed by atoms with van der Waals surface area (Å²) in [7, 11) is 0. The fourth-order valence-electron chi connectivity index (χ4n) is 8.05. The van der Waals surface area contributed by atoms with Gasteiger partial charge < -0.3 is 10.1 Å². The van der Waals surface area contributed by atoms with E-state index in [-0.39, 0.29) is 42.5 Å². The Hall–Kier alpha value is -3.49. The minimum atomic E-state index is -3.35. The number of ether oxygens (including phenoxy) is 1. The van der Waals surface area contributed by atoms with Gasteiger partial charge in [-0.2, -0.15) is 5.26 Å². The van der Waals surface area contributed by atoms with Crippen molar-refractivity contribution in [3.63, 3.8) is 0 Å². The second-order valence-electron chi connectivity index (χ2n) is 13.7. The molecule has 2 fully saturated rings. The summed E-state index contributed by atoms with van der Waals surface area (Å²) in [5.41, 5.74) is -1.14. The molecular weight excluding hydrogens is 593 g/mol. The van der Waals surface area contributed by atoms with Crippen molar-refractivity contribution in [2.75, 3.05) is 18.5 Å². The fraction of sp³-hybridized carbons (Fsp3) is 0.600. The van der Waals surface area contributed by atoms with Crippen molar-refractivity contribution in [1.82, 2.24) is 19.4 Å². The number of benzene rings is 1. The second kappa shape index (κ2) is 12.6. The van der Waals surface area contributed by atoms with Crippen LogP contribution in [0.15, 0.2) is 35.4 Å². The lowest BCUT2D eigenvalue weighted by Gasteiger charge is -2.47. The zero-order chi connectivity index (χ0) is 32.8. The Balaban J connectivity index is 1.45. The number of nitriles is 1. The summed E-state index contributed by atoms with van der Waals surface area (Å²) in [6.45, 7) is 8.52. The highest BCUT2D eigenvalue weighted by Crippen LogP contribution is 2.47. The molecule has 46 heavy (non-hydrogen) atoms. The molecule has 0 aliphatic carbocycles. The maximum Gasteiger partial charge on any atom is 0.278 e. The first-order valence-electron chi connectivity index (χ1n) is 16.6. The molecule has 11 heteroatoms. The van der Waals surface area contributed by atoms with E-state index in [0.717, 1.165) is 32.1 Å². The van der Waals surface area contributed by atoms with Gasteiger partial charge in [-0.3, -0.25) is 14.3 Å². The summed E-state index contributed by atoms with van der Waals surface area (Å²) in [5, 5.41) is 13.8. The van der Waals surface area contributed by atoms with Crippen LogP contribution in [0, 0.1) is 23.1 Å². The molecule has 4 aliphatic heterocycles. The van der Waals surface area contributed by atoms with Gasteiger partial charge in [0.25, 0.3) is 11.5 Å². The number of halogens is 3. The summed E-state index contributed by atoms with van der Waals surface area (Å²) in [4.78, 5) is 25.1. The van der Waals surface area contributed by atoms with E-state index >= 15 is 13.2 Å². The Labute approximate surface area is 268 Å². The number of rotatable bonds is 1. The maximum atomic E-state index is 16.3. The zero-order valence-corrected chi connectivity index (χ0v) is 27.0. The van der Waals surface area contributed by atoms with Crippen LogP contribution < -0.4 is 10.9 Å². The average Bonchev–Trinajstić information content (AvgIpc) is 2.99. The molecule has 0 radical (unpaired) electrons. The number of aromatic nitrogens is 3. The van der Waals surface area contributed by atoms with E-state index in [0.29, 0.717) is 41.8 Å². The van der Waals surface area contributed by atoms with E-state index in [2.05, 4.69) is 33.2 Å². The average molecular weight is 637 g/mol. The standard InChI is InChI=1S/C35H43F3N6O2/c1-21-10-7-5-6-8-13-43-32-27(16-29(33(43)45)34(17-39)18-46-19-34)31(40-20-41-32)42-24(4)26-11-9-12-28(30(26)36)35(37,38)25-14-22(2)44(21)23(3)15-25/h9,11-12,16,20-25H,5-8,10,13-15,18-19H2,1-4H3,(H,40,41,42)/t21?,22?,23?,24-,25?/m1/s1. The second-order valence-corrected chi connectivity index (χ2v) is 13.7. The normalized spacial score (nSPS) is 29.7. The highest BCUT2D eigenvalue weighted by Gasteiger charge is 2.49. The number of nitrogens with one attached hydrogen (secondary N) is 1. The molecule has 8 nitrogen and oxygen atoms in total. The summed E-state index contributed by atoms with van der Waals surface area (Å²) in [6, 6.07) is 7.50. The van der Waals surface area contributed by atoms with Crippen LogP contribution in [0.3, 0.4) is 0 Å². The van der Waals surface area contributed by atoms with Crippen molar-refractivity contribution in [1.29, 1.82) is 5.26 Å². The largest absolute Gasteiger partial charge is 0.377 e. The zero-order valence-electron chi connectivity index (χ0n) is 27.0. The molecule has 1 aromatic carbocycles. The van der Waals surface area contributed by atoms with Gasteiger partial charge in [0.15, 0.2) is 0 Å². The van der Waals surface area contributed by atoms with Crippen molar-refractivity contribution in [3.05, 3.63) is 63.5 Å². The van der Waals surface area contributed by atoms with E-state index in [1.807, 2.05) is 13.8 Å². The molecular formula is C35H43F3N6O2. The number of piperidine rings is 1. The highest BCUT2D eigenvalue weighted by molar-refractivity contribution is 5.87. The number of anilines is 1. The smallest absolute Gasteiger partial charge is 0.278 e. The Bertz CT molecular complexity index is 1690. The highest BCUT2D eigenvalue weighted by atomic mass is 19.3. The van der Waals surface area contributed by atoms with E-state index in [1.165, 1.54) is 24.5 Å². The predicted octanol–water partition coefficient (Wildman–Crippen LogP) is 6.83. The topological polar surface area (TPSA) is 96.1 Å². The monoisotopic (exact) mass is 636 g/mol. The molecule has 1 N–H and O–H groups in total. The quantitative estimate of drug-likeness (QED) is 0.313. The molecule has 4 aliphatic rings. The van der Waals surface area contributed by atoms with Gasteiger partial charge in [-0.15, -0.1) is 0 Å². The maximum absolute atomic E-state index is 16.3. The van der Waals surface area contributed by atoms with Crippen LogP contribution >= 0.6 is 0 Å². The molecule has 2 aromatic heterocycles. The Morgan fingerprint density at radius 3 is 2.39 bits per heavy atom. The van der Waals surface area contributed by atoms with Crippen molar-refractivity contribution in [2.24, 2.45) is 5.92 Å². The van der Waals surface area contributed by atoms with Crippen molar-refractivity contribution < 1.29 is 17.9 Å². The molecule has 2 saturated heterocycles. The number of hydrogen-bond acceptors (Lipinski definition) is 7. The van der Waals surface area contributed by atoms with Gasteiger partial charge in [0.05, 0.1) is 36.3 Å². The number of fused-ring (bicyclic) bond motifs is 9. The molecule has 3 unspecified atom stereocenters. The van der Waals surface area contributed by atoms with Crippen LogP contribution in [0.5, 0.6) is 0 Å². The first-order valence-corrected chi connectivity index (χ1v) is 16.6. The lowest BCUT2D eigenvalue weighted by molar-refractivity contribution is -0.112. The molecule has 6 heterocycles. The number of aryl methyl sites for hydroxylation is 1. The summed E-state index contributed by atoms with van der Waals surface area (Å²) >= 11 is 0. The van der Waals surface area contributed by atoms with E-state index in [1.54, 1.807) is 17.6 Å². The van der Waals surface area contributed by atoms with Crippen molar-refractivity contribution >= 4 is 16.9 Å². The third kappa shape index (κ3) is 5.57. The molecule has 3 aromatic rings. The van der Waals surface area contributed by atoms with E-state index in [9.17, 15) is 10.1 Å². The molecule has 0 amide bonds. The number of hydrogen-bond donors (Lipinski definition) is 1. The number of alkyl halides is 2. The fourth-order valence-corrected chi connectivity index (χ4v) is 8.05. The van der Waals surface area contributed by atoms with E-state index in [4.69, 9.17) is 4.74 Å². The molecule has 7 rings (SSSR count). The molecule has 0 saturated carbocycles. The minimum absolute atomic E-state index is 0.0560. The third-order valence-electron chi connectivity index (χ3n) is 10.6. The predicted molar refractivity (Wildman–Crippen MR) is 170 cm³/mol. The van der Waals surface area contributed by atoms with Crippen LogP contribution in [0.2, 0.25) is 0 Å². The Morgan fingerprint density at radius 2 is 1.72 bits per heavy atom. The first-order chi connectivity index (χ1) is 22.0. The SMILES string of the molecule is CC1CCCCCCn2c(=O)c(C3(C#N)COC3)cc3c(ncnc32)N[C@H](C)c2cccc(c2F)C(F)(F)C2CC(C)N1C(C)C2. The van der Waals surface area contributed by atoms with Crippen molar-refractivity contribution in [2.45, 2.75) is 115 Å². The lowest BCUT2D eigenvalue weighted by Crippen LogP contribution is -2.53. The van der Waals surface area contributed by atoms with Gasteiger partial charge in [0.1, 0.15) is 29.0 Å². The molecule has 0 spiro atoms. The van der Waals surface area contributed by atoms with Crippen LogP contribution in [0.1, 0.15) is 95.4 Å². The van der Waals surface area contributed by atoms with Crippen LogP contribution in [0.4, 0.5) is 19.0 Å². The van der Waals surface area contributed by atoms with Gasteiger partial charge in [-0.25, -0.2) is 23.1 Å². The molecule has 8 bridgehead atoms. The van der Waals surface area contributed by atoms with Gasteiger partial charge >= 0.3 is 0 Å². The van der Waals surface area contributed by atoms with Gasteiger partial charge in [-0.05, 0) is 59.4 Å². The van der Waals surface area contributed by atoms with E-state index < -0.39 is 34.7 Å². The minimum Gasteiger partial charge on any atom is -0.377 e.